The normalized spacial score (nSPS) is 16.4. The number of amides is 2. The Morgan fingerprint density at radius 1 is 0.684 bits per heavy atom. The maximum Gasteiger partial charge on any atom is 0.237 e. The third kappa shape index (κ3) is 16.8. The molecule has 1 heterocycles. The number of rotatable bonds is 28. The monoisotopic (exact) mass is 783 g/mol. The van der Waals surface area contributed by atoms with E-state index in [1.54, 1.807) is 29.2 Å². The van der Waals surface area contributed by atoms with E-state index in [1.807, 2.05) is 66.7 Å². The minimum Gasteiger partial charge on any atom is -0.391 e. The highest BCUT2D eigenvalue weighted by Crippen LogP contribution is 2.18. The fourth-order valence-corrected chi connectivity index (χ4v) is 6.86. The van der Waals surface area contributed by atoms with Crippen molar-refractivity contribution in [3.05, 3.63) is 108 Å². The molecule has 1 fully saturated rings. The number of β-amino-alcohol motifs (C(OH)–C–C–N with tert-alkyl or cyclic N) is 1. The number of nitrogens with zero attached hydrogens (tertiary/aromatic N) is 1. The highest BCUT2D eigenvalue weighted by molar-refractivity contribution is 5.98. The summed E-state index contributed by atoms with van der Waals surface area (Å²) < 4.78 is 7.72. The van der Waals surface area contributed by atoms with Crippen molar-refractivity contribution < 1.29 is 30.4 Å². The van der Waals surface area contributed by atoms with Crippen LogP contribution in [-0.4, -0.2) is 116 Å². The molecule has 57 heavy (non-hydrogen) atoms. The molecule has 1 saturated heterocycles. The van der Waals surface area contributed by atoms with Crippen LogP contribution < -0.4 is 26.6 Å². The van der Waals surface area contributed by atoms with Crippen molar-refractivity contribution in [2.45, 2.75) is 88.9 Å². The van der Waals surface area contributed by atoms with Gasteiger partial charge >= 0.3 is 0 Å². The molecule has 12 heteroatoms. The highest BCUT2D eigenvalue weighted by Gasteiger charge is 2.30. The van der Waals surface area contributed by atoms with Gasteiger partial charge in [-0.2, -0.15) is 0 Å². The second kappa shape index (κ2) is 25.6. The third-order valence-corrected chi connectivity index (χ3v) is 10.2. The van der Waals surface area contributed by atoms with E-state index in [2.05, 4.69) is 26.6 Å². The molecule has 3 aromatic carbocycles. The molecule has 2 amide bonds. The van der Waals surface area contributed by atoms with Crippen molar-refractivity contribution >= 4 is 29.2 Å². The molecule has 0 bridgehead atoms. The third-order valence-electron chi connectivity index (χ3n) is 10.2. The predicted molar refractivity (Wildman–Crippen MR) is 223 cm³/mol. The van der Waals surface area contributed by atoms with E-state index in [0.29, 0.717) is 62.1 Å². The summed E-state index contributed by atoms with van der Waals surface area (Å²) in [5.74, 6) is -0.249. The first-order valence-corrected chi connectivity index (χ1v) is 20.4. The molecule has 1 aliphatic rings. The Balaban J connectivity index is 1.29. The van der Waals surface area contributed by atoms with E-state index in [1.165, 1.54) is 0 Å². The predicted octanol–water partition coefficient (Wildman–Crippen LogP) is 3.95. The summed E-state index contributed by atoms with van der Waals surface area (Å²) in [6, 6.07) is 26.6. The molecule has 0 aliphatic carbocycles. The molecule has 0 saturated carbocycles. The Morgan fingerprint density at radius 3 is 1.75 bits per heavy atom. The maximum absolute atomic E-state index is 13.6. The Bertz CT molecular complexity index is 1680. The molecule has 4 rings (SSSR count). The standard InChI is InChI=1S/C45H62N6O6/c1-34-28-39(52)33-51(34)44(56)24-15-27-48-45(57)40(23-12-14-26-47-31-42(54)36-18-7-3-8-19-36)50-29-38(49-32-43(55)37-20-9-4-10-21-37)22-11-13-25-46-30-41(53)35-16-5-2-6-17-35/h2-10,16-21,34,38-40,46-47,49-50,52H,11-15,22-33H2,1H3,(H,48,57)/t34-,38?,39-,40?/m1/s1/i1D. The first kappa shape index (κ1) is 43.5. The molecule has 6 N–H and O–H groups in total. The number of ketones is 3. The Hall–Kier alpha value is -4.59. The lowest BCUT2D eigenvalue weighted by molar-refractivity contribution is -0.132. The number of likely N-dealkylation sites (tertiary alicyclic amines) is 1. The van der Waals surface area contributed by atoms with Crippen molar-refractivity contribution in [1.82, 2.24) is 31.5 Å². The zero-order valence-corrected chi connectivity index (χ0v) is 33.1. The molecule has 12 nitrogen and oxygen atoms in total. The zero-order valence-electron chi connectivity index (χ0n) is 34.1. The topological polar surface area (TPSA) is 169 Å². The van der Waals surface area contributed by atoms with Crippen LogP contribution in [0.5, 0.6) is 0 Å². The summed E-state index contributed by atoms with van der Waals surface area (Å²) in [6.07, 6.45) is 4.89. The number of carbonyl (C=O) groups excluding carboxylic acids is 5. The van der Waals surface area contributed by atoms with E-state index >= 15 is 0 Å². The van der Waals surface area contributed by atoms with Gasteiger partial charge in [-0.25, -0.2) is 0 Å². The highest BCUT2D eigenvalue weighted by atomic mass is 16.3. The molecule has 3 aromatic rings. The second-order valence-corrected chi connectivity index (χ2v) is 14.7. The van der Waals surface area contributed by atoms with Crippen molar-refractivity contribution in [1.29, 1.82) is 0 Å². The van der Waals surface area contributed by atoms with Crippen LogP contribution in [0.1, 0.15) is 97.1 Å². The van der Waals surface area contributed by atoms with E-state index < -0.39 is 12.1 Å². The number of hydrogen-bond donors (Lipinski definition) is 6. The number of aliphatic hydroxyl groups is 1. The number of nitrogens with one attached hydrogen (secondary N) is 5. The van der Waals surface area contributed by atoms with Gasteiger partial charge in [0.1, 0.15) is 0 Å². The van der Waals surface area contributed by atoms with Crippen LogP contribution in [0.3, 0.4) is 0 Å². The Morgan fingerprint density at radius 2 is 1.21 bits per heavy atom. The van der Waals surface area contributed by atoms with E-state index in [0.717, 1.165) is 32.1 Å². The van der Waals surface area contributed by atoms with E-state index in [-0.39, 0.29) is 80.7 Å². The van der Waals surface area contributed by atoms with Gasteiger partial charge < -0.3 is 36.6 Å². The molecule has 1 aliphatic heterocycles. The lowest BCUT2D eigenvalue weighted by Gasteiger charge is -2.24. The van der Waals surface area contributed by atoms with Crippen LogP contribution in [0.4, 0.5) is 0 Å². The van der Waals surface area contributed by atoms with Gasteiger partial charge in [0.25, 0.3) is 0 Å². The van der Waals surface area contributed by atoms with Crippen LogP contribution >= 0.6 is 0 Å². The molecule has 0 radical (unpaired) electrons. The summed E-state index contributed by atoms with van der Waals surface area (Å²) in [5.41, 5.74) is 1.96. The molecule has 308 valence electrons. The average Bonchev–Trinajstić information content (AvgIpc) is 3.65. The smallest absolute Gasteiger partial charge is 0.237 e. The maximum atomic E-state index is 13.6. The summed E-state index contributed by atoms with van der Waals surface area (Å²) in [5, 5.41) is 26.3. The Kier molecular flexibility index (Phi) is 19.6. The number of unbranched alkanes of at least 4 members (excludes halogenated alkanes) is 2. The quantitative estimate of drug-likeness (QED) is 0.0469. The lowest BCUT2D eigenvalue weighted by Crippen LogP contribution is -2.50. The Labute approximate surface area is 339 Å². The first-order chi connectivity index (χ1) is 28.2. The molecule has 0 aromatic heterocycles. The summed E-state index contributed by atoms with van der Waals surface area (Å²) >= 11 is 0. The molecule has 4 atom stereocenters. The zero-order chi connectivity index (χ0) is 41.4. The van der Waals surface area contributed by atoms with E-state index in [9.17, 15) is 29.1 Å². The van der Waals surface area contributed by atoms with Gasteiger partial charge in [0, 0.05) is 56.2 Å². The van der Waals surface area contributed by atoms with Crippen LogP contribution in [0, 0.1) is 0 Å². The SMILES string of the molecule is [2H]C[C@@H]1C[C@@H](O)CN1C(=O)CCCNC(=O)C(CCCCNCC(=O)c1ccccc1)NCC(CCCCNCC(=O)c1ccccc1)NCC(=O)c1ccccc1. The molecular formula is C45H62N6O6. The van der Waals surface area contributed by atoms with Crippen LogP contribution in [0.2, 0.25) is 0 Å². The van der Waals surface area contributed by atoms with Crippen LogP contribution in [0.25, 0.3) is 0 Å². The van der Waals surface area contributed by atoms with Gasteiger partial charge in [0.05, 0.1) is 31.8 Å². The van der Waals surface area contributed by atoms with E-state index in [4.69, 9.17) is 1.37 Å². The van der Waals surface area contributed by atoms with Crippen molar-refractivity contribution in [3.63, 3.8) is 0 Å². The van der Waals surface area contributed by atoms with Gasteiger partial charge in [0.2, 0.25) is 11.8 Å². The van der Waals surface area contributed by atoms with Crippen LogP contribution in [0.15, 0.2) is 91.0 Å². The molecular weight excluding hydrogens is 721 g/mol. The second-order valence-electron chi connectivity index (χ2n) is 14.7. The fourth-order valence-electron chi connectivity index (χ4n) is 6.86. The first-order valence-electron chi connectivity index (χ1n) is 21.1. The van der Waals surface area contributed by atoms with Crippen LogP contribution in [-0.2, 0) is 9.59 Å². The van der Waals surface area contributed by atoms with Crippen molar-refractivity contribution in [2.75, 3.05) is 52.4 Å². The van der Waals surface area contributed by atoms with Crippen molar-refractivity contribution in [3.8, 4) is 0 Å². The number of carbonyl (C=O) groups is 5. The number of benzene rings is 3. The summed E-state index contributed by atoms with van der Waals surface area (Å²) in [4.78, 5) is 66.0. The van der Waals surface area contributed by atoms with Gasteiger partial charge in [-0.1, -0.05) is 104 Å². The number of hydrogen-bond acceptors (Lipinski definition) is 10. The summed E-state index contributed by atoms with van der Waals surface area (Å²) in [7, 11) is 0. The average molecular weight is 784 g/mol. The largest absolute Gasteiger partial charge is 0.391 e. The summed E-state index contributed by atoms with van der Waals surface area (Å²) in [6.45, 7) is 2.97. The number of aliphatic hydroxyl groups excluding tert-OH is 1. The lowest BCUT2D eigenvalue weighted by atomic mass is 10.0. The van der Waals surface area contributed by atoms with Gasteiger partial charge in [-0.05, 0) is 58.5 Å². The van der Waals surface area contributed by atoms with Crippen molar-refractivity contribution in [2.24, 2.45) is 0 Å². The van der Waals surface area contributed by atoms with Gasteiger partial charge in [-0.3, -0.25) is 24.0 Å². The minimum absolute atomic E-state index is 0.0220. The number of Topliss-reactive ketones (excluding diaryl/α,β-unsaturated/α-hetero) is 3. The van der Waals surface area contributed by atoms with Gasteiger partial charge in [-0.15, -0.1) is 0 Å². The van der Waals surface area contributed by atoms with Gasteiger partial charge in [0.15, 0.2) is 17.3 Å². The molecule has 0 spiro atoms. The fraction of sp³-hybridized carbons (Fsp3) is 0.489. The minimum atomic E-state index is -0.604. The molecule has 2 unspecified atom stereocenters.